The lowest BCUT2D eigenvalue weighted by Gasteiger charge is -2.17. The van der Waals surface area contributed by atoms with Gasteiger partial charge in [0.1, 0.15) is 5.75 Å². The first-order valence-corrected chi connectivity index (χ1v) is 6.41. The second kappa shape index (κ2) is 6.18. The number of amides is 1. The van der Waals surface area contributed by atoms with Gasteiger partial charge in [-0.15, -0.1) is 10.2 Å². The normalized spacial score (nSPS) is 10.3. The molecular weight excluding hydrogens is 258 g/mol. The Hall–Kier alpha value is -2.37. The Morgan fingerprint density at radius 2 is 2.20 bits per heavy atom. The molecule has 6 nitrogen and oxygen atoms in total. The van der Waals surface area contributed by atoms with Crippen LogP contribution in [0.1, 0.15) is 19.2 Å². The molecule has 1 aromatic carbocycles. The molecule has 1 heterocycles. The third-order valence-electron chi connectivity index (χ3n) is 2.73. The van der Waals surface area contributed by atoms with E-state index in [2.05, 4.69) is 10.2 Å². The number of aryl methyl sites for hydroxylation is 1. The maximum Gasteiger partial charge on any atom is 0.247 e. The highest BCUT2D eigenvalue weighted by molar-refractivity contribution is 5.79. The van der Waals surface area contributed by atoms with Crippen molar-refractivity contribution in [3.8, 4) is 17.2 Å². The van der Waals surface area contributed by atoms with Crippen molar-refractivity contribution in [2.75, 3.05) is 18.6 Å². The summed E-state index contributed by atoms with van der Waals surface area (Å²) in [4.78, 5) is 12.4. The van der Waals surface area contributed by atoms with Crippen molar-refractivity contribution in [2.24, 2.45) is 0 Å². The first-order valence-electron chi connectivity index (χ1n) is 6.41. The third-order valence-corrected chi connectivity index (χ3v) is 2.73. The van der Waals surface area contributed by atoms with E-state index in [9.17, 15) is 4.79 Å². The molecule has 2 aromatic rings. The maximum atomic E-state index is 10.9. The Morgan fingerprint density at radius 1 is 1.40 bits per heavy atom. The molecule has 0 aliphatic heterocycles. The predicted molar refractivity (Wildman–Crippen MR) is 74.7 cm³/mol. The molecule has 6 heteroatoms. The molecule has 106 valence electrons. The molecule has 1 amide bonds. The summed E-state index contributed by atoms with van der Waals surface area (Å²) in [6.07, 6.45) is 1.62. The molecule has 0 aliphatic rings. The molecule has 0 fully saturated rings. The van der Waals surface area contributed by atoms with Gasteiger partial charge in [-0.05, 0) is 24.6 Å². The number of ether oxygens (including phenoxy) is 1. The summed E-state index contributed by atoms with van der Waals surface area (Å²) in [7, 11) is 1.68. The van der Waals surface area contributed by atoms with Crippen LogP contribution in [0.2, 0.25) is 0 Å². The van der Waals surface area contributed by atoms with Gasteiger partial charge in [-0.2, -0.15) is 0 Å². The highest BCUT2D eigenvalue weighted by Crippen LogP contribution is 2.32. The monoisotopic (exact) mass is 275 g/mol. The zero-order valence-corrected chi connectivity index (χ0v) is 11.8. The minimum absolute atomic E-state index is 0.434. The van der Waals surface area contributed by atoms with Gasteiger partial charge in [0.25, 0.3) is 0 Å². The van der Waals surface area contributed by atoms with Crippen LogP contribution in [0.15, 0.2) is 22.6 Å². The average molecular weight is 275 g/mol. The second-order valence-corrected chi connectivity index (χ2v) is 4.37. The standard InChI is InChI=1S/C14H17N3O3/c1-4-7-19-13-8-11(14-16-15-10(2)20-14)5-6-12(13)17(3)9-18/h5-6,8-9H,4,7H2,1-3H3. The fraction of sp³-hybridized carbons (Fsp3) is 0.357. The Labute approximate surface area is 117 Å². The van der Waals surface area contributed by atoms with Gasteiger partial charge in [0.2, 0.25) is 18.2 Å². The molecule has 1 aromatic heterocycles. The molecule has 2 rings (SSSR count). The number of aromatic nitrogens is 2. The van der Waals surface area contributed by atoms with Crippen molar-refractivity contribution >= 4 is 12.1 Å². The van der Waals surface area contributed by atoms with Crippen molar-refractivity contribution < 1.29 is 13.9 Å². The smallest absolute Gasteiger partial charge is 0.247 e. The van der Waals surface area contributed by atoms with Gasteiger partial charge in [-0.3, -0.25) is 4.79 Å². The summed E-state index contributed by atoms with van der Waals surface area (Å²) < 4.78 is 11.1. The van der Waals surface area contributed by atoms with Crippen molar-refractivity contribution in [3.05, 3.63) is 24.1 Å². The van der Waals surface area contributed by atoms with Crippen molar-refractivity contribution in [1.29, 1.82) is 0 Å². The van der Waals surface area contributed by atoms with Gasteiger partial charge in [0.05, 0.1) is 12.3 Å². The van der Waals surface area contributed by atoms with E-state index < -0.39 is 0 Å². The molecule has 0 bridgehead atoms. The van der Waals surface area contributed by atoms with Gasteiger partial charge < -0.3 is 14.1 Å². The van der Waals surface area contributed by atoms with Crippen LogP contribution < -0.4 is 9.64 Å². The van der Waals surface area contributed by atoms with E-state index in [1.54, 1.807) is 26.1 Å². The van der Waals surface area contributed by atoms with Crippen LogP contribution in [0.4, 0.5) is 5.69 Å². The Kier molecular flexibility index (Phi) is 4.34. The van der Waals surface area contributed by atoms with Crippen molar-refractivity contribution in [1.82, 2.24) is 10.2 Å². The van der Waals surface area contributed by atoms with E-state index in [4.69, 9.17) is 9.15 Å². The SMILES string of the molecule is CCCOc1cc(-c2nnc(C)o2)ccc1N(C)C=O. The fourth-order valence-electron chi connectivity index (χ4n) is 1.74. The summed E-state index contributed by atoms with van der Waals surface area (Å²) in [5.74, 6) is 1.56. The number of anilines is 1. The zero-order valence-electron chi connectivity index (χ0n) is 11.8. The minimum atomic E-state index is 0.434. The van der Waals surface area contributed by atoms with Crippen LogP contribution in [0, 0.1) is 6.92 Å². The fourth-order valence-corrected chi connectivity index (χ4v) is 1.74. The number of benzene rings is 1. The summed E-state index contributed by atoms with van der Waals surface area (Å²) in [6, 6.07) is 5.42. The molecule has 0 spiro atoms. The van der Waals surface area contributed by atoms with Crippen LogP contribution >= 0.6 is 0 Å². The molecule has 0 N–H and O–H groups in total. The molecule has 0 atom stereocenters. The maximum absolute atomic E-state index is 10.9. The van der Waals surface area contributed by atoms with Gasteiger partial charge >= 0.3 is 0 Å². The molecule has 0 aliphatic carbocycles. The van der Waals surface area contributed by atoms with E-state index >= 15 is 0 Å². The number of hydrogen-bond donors (Lipinski definition) is 0. The van der Waals surface area contributed by atoms with E-state index in [-0.39, 0.29) is 0 Å². The van der Waals surface area contributed by atoms with Gasteiger partial charge in [0.15, 0.2) is 0 Å². The lowest BCUT2D eigenvalue weighted by Crippen LogP contribution is -2.15. The van der Waals surface area contributed by atoms with Gasteiger partial charge in [-0.1, -0.05) is 6.92 Å². The van der Waals surface area contributed by atoms with E-state index in [1.165, 1.54) is 4.90 Å². The van der Waals surface area contributed by atoms with E-state index in [0.29, 0.717) is 29.8 Å². The minimum Gasteiger partial charge on any atom is -0.491 e. The quantitative estimate of drug-likeness (QED) is 0.757. The summed E-state index contributed by atoms with van der Waals surface area (Å²) in [5.41, 5.74) is 1.47. The molecule has 0 unspecified atom stereocenters. The van der Waals surface area contributed by atoms with Crippen LogP contribution in [0.5, 0.6) is 5.75 Å². The van der Waals surface area contributed by atoms with E-state index in [0.717, 1.165) is 18.4 Å². The van der Waals surface area contributed by atoms with Crippen LogP contribution in [-0.4, -0.2) is 30.3 Å². The largest absolute Gasteiger partial charge is 0.491 e. The van der Waals surface area contributed by atoms with Crippen LogP contribution in [0.25, 0.3) is 11.5 Å². The lowest BCUT2D eigenvalue weighted by atomic mass is 10.2. The number of hydrogen-bond acceptors (Lipinski definition) is 5. The molecule has 0 saturated carbocycles. The van der Waals surface area contributed by atoms with Crippen LogP contribution in [-0.2, 0) is 4.79 Å². The first kappa shape index (κ1) is 14.0. The van der Waals surface area contributed by atoms with Crippen molar-refractivity contribution in [3.63, 3.8) is 0 Å². The summed E-state index contributed by atoms with van der Waals surface area (Å²) in [5, 5.41) is 7.78. The van der Waals surface area contributed by atoms with Gasteiger partial charge in [-0.25, -0.2) is 0 Å². The number of nitrogens with zero attached hydrogens (tertiary/aromatic N) is 3. The van der Waals surface area contributed by atoms with E-state index in [1.807, 2.05) is 13.0 Å². The molecule has 20 heavy (non-hydrogen) atoms. The topological polar surface area (TPSA) is 68.5 Å². The highest BCUT2D eigenvalue weighted by Gasteiger charge is 2.13. The van der Waals surface area contributed by atoms with Gasteiger partial charge in [0, 0.05) is 19.5 Å². The van der Waals surface area contributed by atoms with Crippen LogP contribution in [0.3, 0.4) is 0 Å². The summed E-state index contributed by atoms with van der Waals surface area (Å²) >= 11 is 0. The number of rotatable bonds is 6. The highest BCUT2D eigenvalue weighted by atomic mass is 16.5. The Bertz CT molecular complexity index is 595. The molecular formula is C14H17N3O3. The molecule has 0 radical (unpaired) electrons. The lowest BCUT2D eigenvalue weighted by molar-refractivity contribution is -0.107. The zero-order chi connectivity index (χ0) is 14.5. The molecule has 0 saturated heterocycles. The number of carbonyl (C=O) groups excluding carboxylic acids is 1. The predicted octanol–water partition coefficient (Wildman–Crippen LogP) is 2.43. The first-order chi connectivity index (χ1) is 9.65. The summed E-state index contributed by atoms with van der Waals surface area (Å²) in [6.45, 7) is 4.33. The number of carbonyl (C=O) groups is 1. The second-order valence-electron chi connectivity index (χ2n) is 4.37. The third kappa shape index (κ3) is 2.96. The average Bonchev–Trinajstić information content (AvgIpc) is 2.90. The Morgan fingerprint density at radius 3 is 2.80 bits per heavy atom. The Balaban J connectivity index is 2.39. The van der Waals surface area contributed by atoms with Crippen molar-refractivity contribution in [2.45, 2.75) is 20.3 Å².